The Labute approximate surface area is 201 Å². The van der Waals surface area contributed by atoms with Gasteiger partial charge in [-0.3, -0.25) is 4.79 Å². The van der Waals surface area contributed by atoms with E-state index in [2.05, 4.69) is 0 Å². The Hall–Kier alpha value is -2.82. The van der Waals surface area contributed by atoms with Crippen molar-refractivity contribution in [1.82, 2.24) is 9.21 Å². The van der Waals surface area contributed by atoms with Gasteiger partial charge >= 0.3 is 0 Å². The van der Waals surface area contributed by atoms with Crippen molar-refractivity contribution in [1.29, 1.82) is 0 Å². The van der Waals surface area contributed by atoms with Crippen LogP contribution >= 0.6 is 0 Å². The van der Waals surface area contributed by atoms with Gasteiger partial charge < -0.3 is 23.8 Å². The van der Waals surface area contributed by atoms with Gasteiger partial charge in [-0.05, 0) is 37.1 Å². The van der Waals surface area contributed by atoms with Crippen LogP contribution < -0.4 is 14.2 Å². The molecule has 1 fully saturated rings. The maximum atomic E-state index is 13.3. The highest BCUT2D eigenvalue weighted by molar-refractivity contribution is 7.89. The molecule has 1 heterocycles. The molecule has 10 heteroatoms. The van der Waals surface area contributed by atoms with Crippen molar-refractivity contribution >= 4 is 15.9 Å². The van der Waals surface area contributed by atoms with Crippen LogP contribution in [-0.4, -0.2) is 84.3 Å². The number of rotatable bonds is 10. The number of nitrogens with zero attached hydrogens (tertiary/aromatic N) is 2. The monoisotopic (exact) mass is 492 g/mol. The third-order valence-electron chi connectivity index (χ3n) is 5.94. The Balaban J connectivity index is 1.77. The van der Waals surface area contributed by atoms with Crippen LogP contribution in [0, 0.1) is 0 Å². The number of methoxy groups -OCH3 is 4. The molecular weight excluding hydrogens is 460 g/mol. The van der Waals surface area contributed by atoms with E-state index in [-0.39, 0.29) is 30.0 Å². The second kappa shape index (κ2) is 11.5. The number of ether oxygens (including phenoxy) is 4. The molecule has 0 aromatic heterocycles. The molecule has 0 spiro atoms. The van der Waals surface area contributed by atoms with Crippen molar-refractivity contribution in [2.45, 2.75) is 23.8 Å². The Morgan fingerprint density at radius 2 is 1.56 bits per heavy atom. The molecule has 9 nitrogen and oxygen atoms in total. The second-order valence-electron chi connectivity index (χ2n) is 7.86. The predicted molar refractivity (Wildman–Crippen MR) is 127 cm³/mol. The van der Waals surface area contributed by atoms with Gasteiger partial charge in [-0.25, -0.2) is 8.42 Å². The van der Waals surface area contributed by atoms with Crippen LogP contribution in [0.5, 0.6) is 17.2 Å². The molecule has 2 aromatic carbocycles. The number of benzene rings is 2. The van der Waals surface area contributed by atoms with Crippen molar-refractivity contribution in [2.24, 2.45) is 0 Å². The number of carbonyl (C=O) groups is 1. The van der Waals surface area contributed by atoms with Crippen molar-refractivity contribution in [3.63, 3.8) is 0 Å². The number of carbonyl (C=O) groups excluding carboxylic acids is 1. The van der Waals surface area contributed by atoms with Crippen LogP contribution in [0.1, 0.15) is 23.2 Å². The van der Waals surface area contributed by atoms with E-state index in [0.29, 0.717) is 48.7 Å². The molecule has 0 radical (unpaired) electrons. The number of hydrogen-bond donors (Lipinski definition) is 0. The first-order valence-corrected chi connectivity index (χ1v) is 12.5. The minimum Gasteiger partial charge on any atom is -0.493 e. The highest BCUT2D eigenvalue weighted by atomic mass is 32.2. The molecule has 0 aliphatic carbocycles. The van der Waals surface area contributed by atoms with Gasteiger partial charge in [0.25, 0.3) is 5.91 Å². The Morgan fingerprint density at radius 3 is 2.06 bits per heavy atom. The van der Waals surface area contributed by atoms with Crippen LogP contribution in [0.3, 0.4) is 0 Å². The topological polar surface area (TPSA) is 94.6 Å². The van der Waals surface area contributed by atoms with Gasteiger partial charge in [-0.1, -0.05) is 18.2 Å². The van der Waals surface area contributed by atoms with Crippen LogP contribution in [0.2, 0.25) is 0 Å². The lowest BCUT2D eigenvalue weighted by atomic mass is 10.0. The zero-order valence-corrected chi connectivity index (χ0v) is 20.8. The fraction of sp³-hybridized carbons (Fsp3) is 0.458. The van der Waals surface area contributed by atoms with Crippen LogP contribution in [0.15, 0.2) is 47.4 Å². The summed E-state index contributed by atoms with van der Waals surface area (Å²) in [5.74, 6) is 1.05. The number of likely N-dealkylation sites (tertiary alicyclic amines) is 1. The molecule has 34 heavy (non-hydrogen) atoms. The van der Waals surface area contributed by atoms with Crippen molar-refractivity contribution in [2.75, 3.05) is 54.7 Å². The van der Waals surface area contributed by atoms with Crippen LogP contribution in [0.4, 0.5) is 0 Å². The molecule has 0 N–H and O–H groups in total. The summed E-state index contributed by atoms with van der Waals surface area (Å²) in [6, 6.07) is 11.4. The van der Waals surface area contributed by atoms with Crippen molar-refractivity contribution < 1.29 is 32.2 Å². The highest BCUT2D eigenvalue weighted by Gasteiger charge is 2.35. The first-order chi connectivity index (χ1) is 16.4. The van der Waals surface area contributed by atoms with Gasteiger partial charge in [-0.2, -0.15) is 4.31 Å². The molecule has 2 aromatic rings. The number of amides is 1. The van der Waals surface area contributed by atoms with Crippen molar-refractivity contribution in [3.05, 3.63) is 48.0 Å². The SMILES string of the molecule is COCCN(C1CCN(C(=O)c2cc(OC)c(OC)c(OC)c2)CC1)S(=O)(=O)c1ccccc1. The molecule has 0 atom stereocenters. The van der Waals surface area contributed by atoms with Gasteiger partial charge in [0, 0.05) is 38.3 Å². The third kappa shape index (κ3) is 5.45. The largest absolute Gasteiger partial charge is 0.493 e. The molecule has 0 unspecified atom stereocenters. The average molecular weight is 493 g/mol. The maximum Gasteiger partial charge on any atom is 0.254 e. The summed E-state index contributed by atoms with van der Waals surface area (Å²) in [7, 11) is 2.37. The minimum absolute atomic E-state index is 0.174. The van der Waals surface area contributed by atoms with Crippen LogP contribution in [-0.2, 0) is 14.8 Å². The van der Waals surface area contributed by atoms with E-state index in [1.165, 1.54) is 25.6 Å². The molecule has 1 aliphatic rings. The van der Waals surface area contributed by atoms with E-state index in [1.54, 1.807) is 54.5 Å². The lowest BCUT2D eigenvalue weighted by molar-refractivity contribution is 0.0665. The molecule has 0 bridgehead atoms. The Morgan fingerprint density at radius 1 is 0.971 bits per heavy atom. The number of piperidine rings is 1. The summed E-state index contributed by atoms with van der Waals surface area (Å²) in [5, 5.41) is 0. The van der Waals surface area contributed by atoms with Gasteiger partial charge in [0.1, 0.15) is 0 Å². The van der Waals surface area contributed by atoms with Gasteiger partial charge in [0.05, 0.1) is 32.8 Å². The fourth-order valence-corrected chi connectivity index (χ4v) is 5.84. The van der Waals surface area contributed by atoms with Gasteiger partial charge in [0.15, 0.2) is 11.5 Å². The highest BCUT2D eigenvalue weighted by Crippen LogP contribution is 2.38. The molecule has 1 saturated heterocycles. The van der Waals surface area contributed by atoms with E-state index < -0.39 is 10.0 Å². The minimum atomic E-state index is -3.69. The molecule has 1 aliphatic heterocycles. The summed E-state index contributed by atoms with van der Waals surface area (Å²) in [6.45, 7) is 1.39. The van der Waals surface area contributed by atoms with Gasteiger partial charge in [0.2, 0.25) is 15.8 Å². The maximum absolute atomic E-state index is 13.3. The number of sulfonamides is 1. The normalized spacial score (nSPS) is 14.8. The molecule has 0 saturated carbocycles. The first-order valence-electron chi connectivity index (χ1n) is 11.0. The zero-order chi connectivity index (χ0) is 24.7. The molecular formula is C24H32N2O7S. The third-order valence-corrected chi connectivity index (χ3v) is 7.90. The average Bonchev–Trinajstić information content (AvgIpc) is 2.88. The molecule has 186 valence electrons. The van der Waals surface area contributed by atoms with E-state index in [9.17, 15) is 13.2 Å². The summed E-state index contributed by atoms with van der Waals surface area (Å²) >= 11 is 0. The van der Waals surface area contributed by atoms with Gasteiger partial charge in [-0.15, -0.1) is 0 Å². The quantitative estimate of drug-likeness (QED) is 0.503. The van der Waals surface area contributed by atoms with E-state index in [4.69, 9.17) is 18.9 Å². The zero-order valence-electron chi connectivity index (χ0n) is 20.0. The lowest BCUT2D eigenvalue weighted by Gasteiger charge is -2.38. The summed E-state index contributed by atoms with van der Waals surface area (Å²) in [4.78, 5) is 15.2. The Kier molecular flexibility index (Phi) is 8.76. The van der Waals surface area contributed by atoms with E-state index in [0.717, 1.165) is 0 Å². The molecule has 1 amide bonds. The second-order valence-corrected chi connectivity index (χ2v) is 9.75. The lowest BCUT2D eigenvalue weighted by Crippen LogP contribution is -2.49. The smallest absolute Gasteiger partial charge is 0.254 e. The molecule has 3 rings (SSSR count). The summed E-state index contributed by atoms with van der Waals surface area (Å²) in [5.41, 5.74) is 0.418. The van der Waals surface area contributed by atoms with Crippen LogP contribution in [0.25, 0.3) is 0 Å². The van der Waals surface area contributed by atoms with E-state index >= 15 is 0 Å². The van der Waals surface area contributed by atoms with E-state index in [1.807, 2.05) is 0 Å². The fourth-order valence-electron chi connectivity index (χ4n) is 4.15. The first kappa shape index (κ1) is 25.8. The standard InChI is InChI=1S/C24H32N2O7S/c1-30-15-14-26(34(28,29)20-8-6-5-7-9-20)19-10-12-25(13-11-19)24(27)18-16-21(31-2)23(33-4)22(17-18)32-3/h5-9,16-17,19H,10-15H2,1-4H3. The summed E-state index contributed by atoms with van der Waals surface area (Å²) in [6.07, 6.45) is 1.04. The van der Waals surface area contributed by atoms with Crippen molar-refractivity contribution in [3.8, 4) is 17.2 Å². The summed E-state index contributed by atoms with van der Waals surface area (Å²) < 4.78 is 49.4. The predicted octanol–water partition coefficient (Wildman–Crippen LogP) is 2.65. The number of hydrogen-bond acceptors (Lipinski definition) is 7. The Bertz CT molecular complexity index is 1040.